The van der Waals surface area contributed by atoms with Crippen LogP contribution in [0.3, 0.4) is 0 Å². The molecule has 0 aliphatic carbocycles. The number of carbonyl (C=O) groups is 2. The van der Waals surface area contributed by atoms with Gasteiger partial charge in [0.2, 0.25) is 0 Å². The van der Waals surface area contributed by atoms with Crippen LogP contribution >= 0.6 is 11.8 Å². The third kappa shape index (κ3) is 5.18. The minimum atomic E-state index is -0.718. The molecule has 2 atom stereocenters. The van der Waals surface area contributed by atoms with E-state index in [-0.39, 0.29) is 22.7 Å². The maximum Gasteiger partial charge on any atom is 0.330 e. The van der Waals surface area contributed by atoms with E-state index in [1.807, 2.05) is 30.3 Å². The summed E-state index contributed by atoms with van der Waals surface area (Å²) in [6.07, 6.45) is 1.13. The summed E-state index contributed by atoms with van der Waals surface area (Å²) in [7, 11) is 0. The molecule has 1 amide bonds. The minimum Gasteiger partial charge on any atom is -0.461 e. The smallest absolute Gasteiger partial charge is 0.330 e. The Labute approximate surface area is 179 Å². The van der Waals surface area contributed by atoms with Gasteiger partial charge in [0.25, 0.3) is 11.6 Å². The second-order valence-electron chi connectivity index (χ2n) is 7.33. The molecule has 7 nitrogen and oxygen atoms in total. The lowest BCUT2D eigenvalue weighted by molar-refractivity contribution is -0.384. The Morgan fingerprint density at radius 2 is 1.93 bits per heavy atom. The first-order valence-electron chi connectivity index (χ1n) is 9.80. The Morgan fingerprint density at radius 3 is 2.60 bits per heavy atom. The van der Waals surface area contributed by atoms with Crippen LogP contribution < -0.4 is 0 Å². The van der Waals surface area contributed by atoms with Gasteiger partial charge in [0.05, 0.1) is 16.4 Å². The Morgan fingerprint density at radius 1 is 1.20 bits per heavy atom. The van der Waals surface area contributed by atoms with Crippen molar-refractivity contribution in [3.8, 4) is 0 Å². The molecule has 1 fully saturated rings. The highest BCUT2D eigenvalue weighted by Gasteiger charge is 2.43. The Kier molecular flexibility index (Phi) is 7.10. The largest absolute Gasteiger partial charge is 0.461 e. The van der Waals surface area contributed by atoms with Crippen LogP contribution in [-0.2, 0) is 16.0 Å². The van der Waals surface area contributed by atoms with E-state index in [9.17, 15) is 19.7 Å². The fourth-order valence-electron chi connectivity index (χ4n) is 3.39. The van der Waals surface area contributed by atoms with Crippen molar-refractivity contribution in [3.63, 3.8) is 0 Å². The van der Waals surface area contributed by atoms with E-state index >= 15 is 0 Å². The molecule has 0 bridgehead atoms. The number of nitro groups is 1. The van der Waals surface area contributed by atoms with E-state index in [0.717, 1.165) is 12.0 Å². The quantitative estimate of drug-likeness (QED) is 0.375. The first-order valence-corrected chi connectivity index (χ1v) is 10.8. The van der Waals surface area contributed by atoms with Crippen LogP contribution in [0.1, 0.15) is 36.2 Å². The van der Waals surface area contributed by atoms with Crippen molar-refractivity contribution in [2.45, 2.75) is 44.2 Å². The first kappa shape index (κ1) is 21.8. The van der Waals surface area contributed by atoms with E-state index in [4.69, 9.17) is 4.74 Å². The third-order valence-electron chi connectivity index (χ3n) is 4.78. The highest BCUT2D eigenvalue weighted by atomic mass is 32.2. The topological polar surface area (TPSA) is 89.8 Å². The Hall–Kier alpha value is -2.87. The monoisotopic (exact) mass is 428 g/mol. The van der Waals surface area contributed by atoms with Gasteiger partial charge >= 0.3 is 5.97 Å². The van der Waals surface area contributed by atoms with Gasteiger partial charge in [-0.25, -0.2) is 4.79 Å². The molecule has 0 saturated carbocycles. The van der Waals surface area contributed by atoms with Crippen LogP contribution in [-0.4, -0.2) is 45.0 Å². The van der Waals surface area contributed by atoms with Gasteiger partial charge in [0.15, 0.2) is 0 Å². The van der Waals surface area contributed by atoms with Crippen LogP contribution in [0.5, 0.6) is 0 Å². The summed E-state index contributed by atoms with van der Waals surface area (Å²) in [5.74, 6) is -0.406. The van der Waals surface area contributed by atoms with Gasteiger partial charge in [-0.3, -0.25) is 14.9 Å². The van der Waals surface area contributed by atoms with Gasteiger partial charge in [-0.2, -0.15) is 0 Å². The van der Waals surface area contributed by atoms with Gasteiger partial charge in [0.1, 0.15) is 6.04 Å². The molecule has 3 rings (SSSR count). The molecule has 0 spiro atoms. The summed E-state index contributed by atoms with van der Waals surface area (Å²) in [5.41, 5.74) is 1.18. The maximum atomic E-state index is 13.3. The number of nitro benzene ring substituents is 1. The van der Waals surface area contributed by atoms with Crippen molar-refractivity contribution in [1.29, 1.82) is 0 Å². The summed E-state index contributed by atoms with van der Waals surface area (Å²) < 4.78 is 5.37. The number of hydrogen-bond acceptors (Lipinski definition) is 6. The van der Waals surface area contributed by atoms with Gasteiger partial charge in [-0.15, -0.1) is 11.8 Å². The zero-order valence-electron chi connectivity index (χ0n) is 16.9. The molecule has 1 aliphatic heterocycles. The number of non-ortho nitro benzene ring substituents is 1. The molecule has 0 N–H and O–H groups in total. The van der Waals surface area contributed by atoms with Crippen LogP contribution in [0.15, 0.2) is 54.6 Å². The lowest BCUT2D eigenvalue weighted by Gasteiger charge is -2.29. The van der Waals surface area contributed by atoms with Gasteiger partial charge in [-0.05, 0) is 38.3 Å². The van der Waals surface area contributed by atoms with Crippen molar-refractivity contribution in [3.05, 3.63) is 75.8 Å². The molecule has 30 heavy (non-hydrogen) atoms. The zero-order chi connectivity index (χ0) is 21.7. The Balaban J connectivity index is 1.85. The first-order chi connectivity index (χ1) is 14.4. The molecular weight excluding hydrogens is 404 g/mol. The number of esters is 1. The van der Waals surface area contributed by atoms with Crippen molar-refractivity contribution < 1.29 is 19.2 Å². The highest BCUT2D eigenvalue weighted by molar-refractivity contribution is 8.00. The van der Waals surface area contributed by atoms with Crippen LogP contribution in [0.25, 0.3) is 0 Å². The lowest BCUT2D eigenvalue weighted by atomic mass is 10.1. The molecule has 0 radical (unpaired) electrons. The molecule has 158 valence electrons. The third-order valence-corrected chi connectivity index (χ3v) is 6.13. The summed E-state index contributed by atoms with van der Waals surface area (Å²) in [5, 5.41) is 10.9. The van der Waals surface area contributed by atoms with E-state index in [2.05, 4.69) is 0 Å². The average molecular weight is 429 g/mol. The SMILES string of the molecule is CC(C)OC(=O)C1CSC(CCc2ccccc2)N1C(=O)c1cccc([N+](=O)[O-])c1. The number of carbonyl (C=O) groups excluding carboxylic acids is 2. The Bertz CT molecular complexity index is 919. The summed E-state index contributed by atoms with van der Waals surface area (Å²) >= 11 is 1.54. The standard InChI is InChI=1S/C22H24N2O5S/c1-15(2)29-22(26)19-14-30-20(12-11-16-7-4-3-5-8-16)23(19)21(25)17-9-6-10-18(13-17)24(27)28/h3-10,13,15,19-20H,11-12,14H2,1-2H3. The molecule has 1 heterocycles. The second-order valence-corrected chi connectivity index (χ2v) is 8.54. The second kappa shape index (κ2) is 9.75. The van der Waals surface area contributed by atoms with Crippen molar-refractivity contribution in [1.82, 2.24) is 4.90 Å². The predicted octanol–water partition coefficient (Wildman–Crippen LogP) is 4.06. The highest BCUT2D eigenvalue weighted by Crippen LogP contribution is 2.34. The van der Waals surface area contributed by atoms with Crippen LogP contribution in [0, 0.1) is 10.1 Å². The molecule has 1 aliphatic rings. The summed E-state index contributed by atoms with van der Waals surface area (Å²) in [4.78, 5) is 38.1. The minimum absolute atomic E-state index is 0.158. The lowest BCUT2D eigenvalue weighted by Crippen LogP contribution is -2.47. The van der Waals surface area contributed by atoms with Gasteiger partial charge in [0, 0.05) is 23.4 Å². The number of hydrogen-bond donors (Lipinski definition) is 0. The van der Waals surface area contributed by atoms with Crippen molar-refractivity contribution >= 4 is 29.3 Å². The van der Waals surface area contributed by atoms with Crippen LogP contribution in [0.4, 0.5) is 5.69 Å². The molecule has 2 aromatic carbocycles. The molecular formula is C22H24N2O5S. The number of nitrogens with zero attached hydrogens (tertiary/aromatic N) is 2. The maximum absolute atomic E-state index is 13.3. The van der Waals surface area contributed by atoms with Gasteiger partial charge in [-0.1, -0.05) is 36.4 Å². The number of rotatable bonds is 7. The van der Waals surface area contributed by atoms with E-state index in [1.165, 1.54) is 40.9 Å². The summed E-state index contributed by atoms with van der Waals surface area (Å²) in [6.45, 7) is 3.53. The van der Waals surface area contributed by atoms with Crippen molar-refractivity contribution in [2.24, 2.45) is 0 Å². The average Bonchev–Trinajstić information content (AvgIpc) is 3.16. The van der Waals surface area contributed by atoms with E-state index in [0.29, 0.717) is 12.2 Å². The van der Waals surface area contributed by atoms with Crippen molar-refractivity contribution in [2.75, 3.05) is 5.75 Å². The fourth-order valence-corrected chi connectivity index (χ4v) is 4.78. The molecule has 0 aromatic heterocycles. The van der Waals surface area contributed by atoms with E-state index in [1.54, 1.807) is 13.8 Å². The molecule has 2 aromatic rings. The number of aryl methyl sites for hydroxylation is 1. The van der Waals surface area contributed by atoms with Crippen LogP contribution in [0.2, 0.25) is 0 Å². The number of amides is 1. The molecule has 8 heteroatoms. The van der Waals surface area contributed by atoms with Gasteiger partial charge < -0.3 is 9.64 Å². The van der Waals surface area contributed by atoms with E-state index < -0.39 is 22.8 Å². The normalized spacial score (nSPS) is 18.4. The number of benzene rings is 2. The molecule has 1 saturated heterocycles. The molecule has 2 unspecified atom stereocenters. The zero-order valence-corrected chi connectivity index (χ0v) is 17.7. The fraction of sp³-hybridized carbons (Fsp3) is 0.364. The summed E-state index contributed by atoms with van der Waals surface area (Å²) in [6, 6.07) is 14.8. The number of ether oxygens (including phenoxy) is 1. The predicted molar refractivity (Wildman–Crippen MR) is 115 cm³/mol. The number of thioether (sulfide) groups is 1.